The molecule has 2 rings (SSSR count). The Balaban J connectivity index is 1.98. The molecular weight excluding hydrogens is 290 g/mol. The van der Waals surface area contributed by atoms with Gasteiger partial charge in [0.2, 0.25) is 0 Å². The molecule has 128 valence electrons. The fraction of sp³-hybridized carbons (Fsp3) is 0.667. The molecule has 5 nitrogen and oxygen atoms in total. The number of carbonyl (C=O) groups excluding carboxylic acids is 1. The number of ether oxygens (including phenoxy) is 1. The van der Waals surface area contributed by atoms with Gasteiger partial charge in [-0.3, -0.25) is 10.2 Å². The predicted molar refractivity (Wildman–Crippen MR) is 92.5 cm³/mol. The summed E-state index contributed by atoms with van der Waals surface area (Å²) in [4.78, 5) is 18.7. The molecule has 0 radical (unpaired) electrons. The molecule has 1 fully saturated rings. The van der Waals surface area contributed by atoms with Gasteiger partial charge in [0.25, 0.3) is 0 Å². The van der Waals surface area contributed by atoms with Crippen molar-refractivity contribution in [3.8, 4) is 0 Å². The highest BCUT2D eigenvalue weighted by Gasteiger charge is 2.26. The maximum atomic E-state index is 11.8. The summed E-state index contributed by atoms with van der Waals surface area (Å²) < 4.78 is 5.23. The third-order valence-corrected chi connectivity index (χ3v) is 3.76. The van der Waals surface area contributed by atoms with E-state index in [0.29, 0.717) is 17.8 Å². The Kier molecular flexibility index (Phi) is 5.63. The topological polar surface area (TPSA) is 54.5 Å². The van der Waals surface area contributed by atoms with Gasteiger partial charge >= 0.3 is 6.09 Å². The van der Waals surface area contributed by atoms with Crippen LogP contribution < -0.4 is 5.32 Å². The highest BCUT2D eigenvalue weighted by Crippen LogP contribution is 2.32. The number of hydrogen-bond acceptors (Lipinski definition) is 4. The molecule has 0 spiro atoms. The lowest BCUT2D eigenvalue weighted by Crippen LogP contribution is -2.28. The van der Waals surface area contributed by atoms with E-state index in [1.807, 2.05) is 33.0 Å². The van der Waals surface area contributed by atoms with Crippen LogP contribution in [-0.4, -0.2) is 34.7 Å². The van der Waals surface area contributed by atoms with Gasteiger partial charge in [0.15, 0.2) is 0 Å². The number of rotatable bonds is 4. The van der Waals surface area contributed by atoms with Crippen molar-refractivity contribution in [2.75, 3.05) is 18.4 Å². The summed E-state index contributed by atoms with van der Waals surface area (Å²) in [6.45, 7) is 12.3. The average molecular weight is 319 g/mol. The van der Waals surface area contributed by atoms with Gasteiger partial charge in [-0.05, 0) is 57.7 Å². The van der Waals surface area contributed by atoms with Crippen LogP contribution in [0.4, 0.5) is 10.6 Å². The van der Waals surface area contributed by atoms with Gasteiger partial charge in [0.1, 0.15) is 11.4 Å². The summed E-state index contributed by atoms with van der Waals surface area (Å²) in [5.74, 6) is 1.19. The Morgan fingerprint density at radius 2 is 2.17 bits per heavy atom. The Hall–Kier alpha value is -1.62. The molecule has 0 aliphatic carbocycles. The Morgan fingerprint density at radius 1 is 1.43 bits per heavy atom. The van der Waals surface area contributed by atoms with E-state index < -0.39 is 11.7 Å². The van der Waals surface area contributed by atoms with Crippen molar-refractivity contribution >= 4 is 11.9 Å². The Labute approximate surface area is 139 Å². The van der Waals surface area contributed by atoms with E-state index in [9.17, 15) is 4.79 Å². The summed E-state index contributed by atoms with van der Waals surface area (Å²) in [7, 11) is 0. The second kappa shape index (κ2) is 7.30. The van der Waals surface area contributed by atoms with Crippen molar-refractivity contribution in [1.29, 1.82) is 0 Å². The van der Waals surface area contributed by atoms with Crippen molar-refractivity contribution < 1.29 is 9.53 Å². The van der Waals surface area contributed by atoms with Gasteiger partial charge in [-0.2, -0.15) is 0 Å². The summed E-state index contributed by atoms with van der Waals surface area (Å²) in [5, 5.41) is 2.67. The SMILES string of the molecule is CC(C)CN1CCCC1c1ccc(NC(=O)OC(C)(C)C)nc1. The molecule has 1 unspecified atom stereocenters. The molecule has 1 saturated heterocycles. The number of amides is 1. The zero-order chi connectivity index (χ0) is 17.0. The second-order valence-electron chi connectivity index (χ2n) is 7.65. The molecule has 23 heavy (non-hydrogen) atoms. The van der Waals surface area contributed by atoms with Crippen LogP contribution >= 0.6 is 0 Å². The highest BCUT2D eigenvalue weighted by atomic mass is 16.6. The molecule has 1 aromatic heterocycles. The van der Waals surface area contributed by atoms with Gasteiger partial charge in [-0.1, -0.05) is 19.9 Å². The smallest absolute Gasteiger partial charge is 0.413 e. The molecule has 1 atom stereocenters. The first-order valence-corrected chi connectivity index (χ1v) is 8.44. The van der Waals surface area contributed by atoms with Crippen LogP contribution in [0.3, 0.4) is 0 Å². The van der Waals surface area contributed by atoms with Crippen molar-refractivity contribution in [3.05, 3.63) is 23.9 Å². The third-order valence-electron chi connectivity index (χ3n) is 3.76. The van der Waals surface area contributed by atoms with Crippen LogP contribution in [0, 0.1) is 5.92 Å². The van der Waals surface area contributed by atoms with Gasteiger partial charge < -0.3 is 4.74 Å². The second-order valence-corrected chi connectivity index (χ2v) is 7.65. The molecule has 1 amide bonds. The highest BCUT2D eigenvalue weighted by molar-refractivity contribution is 5.83. The van der Waals surface area contributed by atoms with Gasteiger partial charge in [-0.25, -0.2) is 9.78 Å². The fourth-order valence-corrected chi connectivity index (χ4v) is 2.98. The molecule has 2 heterocycles. The average Bonchev–Trinajstić information content (AvgIpc) is 2.84. The zero-order valence-electron chi connectivity index (χ0n) is 14.9. The summed E-state index contributed by atoms with van der Waals surface area (Å²) >= 11 is 0. The molecule has 0 saturated carbocycles. The van der Waals surface area contributed by atoms with Crippen LogP contribution in [0.1, 0.15) is 59.1 Å². The predicted octanol–water partition coefficient (Wildman–Crippen LogP) is 4.22. The first kappa shape index (κ1) is 17.7. The maximum Gasteiger partial charge on any atom is 0.413 e. The first-order valence-electron chi connectivity index (χ1n) is 8.44. The van der Waals surface area contributed by atoms with Crippen molar-refractivity contribution in [1.82, 2.24) is 9.88 Å². The number of pyridine rings is 1. The largest absolute Gasteiger partial charge is 0.444 e. The van der Waals surface area contributed by atoms with Crippen LogP contribution in [0.25, 0.3) is 0 Å². The molecule has 0 aromatic carbocycles. The lowest BCUT2D eigenvalue weighted by molar-refractivity contribution is 0.0635. The standard InChI is InChI=1S/C18H29N3O2/c1-13(2)12-21-10-6-7-15(21)14-8-9-16(19-11-14)20-17(22)23-18(3,4)5/h8-9,11,13,15H,6-7,10,12H2,1-5H3,(H,19,20,22). The minimum Gasteiger partial charge on any atom is -0.444 e. The molecule has 1 aliphatic heterocycles. The normalized spacial score (nSPS) is 19.1. The van der Waals surface area contributed by atoms with Crippen molar-refractivity contribution in [3.63, 3.8) is 0 Å². The maximum absolute atomic E-state index is 11.8. The number of anilines is 1. The molecule has 0 bridgehead atoms. The molecular formula is C18H29N3O2. The number of carbonyl (C=O) groups is 1. The summed E-state index contributed by atoms with van der Waals surface area (Å²) in [6.07, 6.45) is 3.80. The van der Waals surface area contributed by atoms with E-state index in [4.69, 9.17) is 4.74 Å². The minimum atomic E-state index is -0.509. The van der Waals surface area contributed by atoms with Crippen LogP contribution in [0.5, 0.6) is 0 Å². The minimum absolute atomic E-state index is 0.445. The zero-order valence-corrected chi connectivity index (χ0v) is 14.9. The van der Waals surface area contributed by atoms with Crippen LogP contribution in [-0.2, 0) is 4.74 Å². The number of hydrogen-bond donors (Lipinski definition) is 1. The van der Waals surface area contributed by atoms with Gasteiger partial charge in [0, 0.05) is 18.8 Å². The number of aromatic nitrogens is 1. The van der Waals surface area contributed by atoms with E-state index in [1.165, 1.54) is 18.4 Å². The fourth-order valence-electron chi connectivity index (χ4n) is 2.98. The summed E-state index contributed by atoms with van der Waals surface area (Å²) in [6, 6.07) is 4.36. The molecule has 1 N–H and O–H groups in total. The Morgan fingerprint density at radius 3 is 2.74 bits per heavy atom. The van der Waals surface area contributed by atoms with Crippen LogP contribution in [0.15, 0.2) is 18.3 Å². The monoisotopic (exact) mass is 319 g/mol. The van der Waals surface area contributed by atoms with Crippen LogP contribution in [0.2, 0.25) is 0 Å². The lowest BCUT2D eigenvalue weighted by atomic mass is 10.1. The number of likely N-dealkylation sites (tertiary alicyclic amines) is 1. The summed E-state index contributed by atoms with van der Waals surface area (Å²) in [5.41, 5.74) is 0.712. The number of nitrogens with zero attached hydrogens (tertiary/aromatic N) is 2. The van der Waals surface area contributed by atoms with E-state index in [0.717, 1.165) is 13.1 Å². The molecule has 5 heteroatoms. The molecule has 1 aromatic rings. The quantitative estimate of drug-likeness (QED) is 0.902. The van der Waals surface area contributed by atoms with Gasteiger partial charge in [-0.15, -0.1) is 0 Å². The van der Waals surface area contributed by atoms with E-state index >= 15 is 0 Å². The number of nitrogens with one attached hydrogen (secondary N) is 1. The Bertz CT molecular complexity index is 520. The van der Waals surface area contributed by atoms with Gasteiger partial charge in [0.05, 0.1) is 0 Å². The van der Waals surface area contributed by atoms with E-state index in [1.54, 1.807) is 0 Å². The van der Waals surface area contributed by atoms with E-state index in [-0.39, 0.29) is 0 Å². The van der Waals surface area contributed by atoms with Crippen molar-refractivity contribution in [2.24, 2.45) is 5.92 Å². The van der Waals surface area contributed by atoms with Crippen molar-refractivity contribution in [2.45, 2.75) is 59.1 Å². The third kappa shape index (κ3) is 5.50. The lowest BCUT2D eigenvalue weighted by Gasteiger charge is -2.26. The van der Waals surface area contributed by atoms with E-state index in [2.05, 4.69) is 35.1 Å². The first-order chi connectivity index (χ1) is 10.7. The molecule has 1 aliphatic rings.